The summed E-state index contributed by atoms with van der Waals surface area (Å²) in [5.41, 5.74) is 0. The number of nitrogens with zero attached hydrogens (tertiary/aromatic N) is 2. The van der Waals surface area contributed by atoms with Gasteiger partial charge in [-0.3, -0.25) is 0 Å². The highest BCUT2D eigenvalue weighted by Crippen LogP contribution is 2.14. The highest BCUT2D eigenvalue weighted by atomic mass is 35.5. The first-order valence-corrected chi connectivity index (χ1v) is 5.57. The van der Waals surface area contributed by atoms with Gasteiger partial charge in [-0.1, -0.05) is 11.6 Å². The third-order valence-corrected chi connectivity index (χ3v) is 3.28. The Morgan fingerprint density at radius 3 is 3.07 bits per heavy atom. The first-order chi connectivity index (χ1) is 7.18. The summed E-state index contributed by atoms with van der Waals surface area (Å²) in [5, 5.41) is 4.10. The second kappa shape index (κ2) is 4.51. The van der Waals surface area contributed by atoms with Crippen molar-refractivity contribution in [3.8, 4) is 0 Å². The second-order valence-corrected chi connectivity index (χ2v) is 4.30. The van der Waals surface area contributed by atoms with Crippen LogP contribution >= 0.6 is 11.6 Å². The fraction of sp³-hybridized carbons (Fsp3) is 0.700. The highest BCUT2D eigenvalue weighted by Gasteiger charge is 2.23. The lowest BCUT2D eigenvalue weighted by molar-refractivity contribution is 0.113. The average molecular weight is 230 g/mol. The zero-order chi connectivity index (χ0) is 10.8. The van der Waals surface area contributed by atoms with E-state index in [1.807, 2.05) is 11.6 Å². The molecule has 15 heavy (non-hydrogen) atoms. The Kier molecular flexibility index (Phi) is 3.29. The number of hydrogen-bond acceptors (Lipinski definition) is 3. The van der Waals surface area contributed by atoms with Gasteiger partial charge in [-0.2, -0.15) is 0 Å². The minimum atomic E-state index is 0.292. The molecule has 1 N–H and O–H groups in total. The van der Waals surface area contributed by atoms with Gasteiger partial charge in [0.25, 0.3) is 0 Å². The average Bonchev–Trinajstić information content (AvgIpc) is 2.74. The maximum absolute atomic E-state index is 5.90. The molecule has 4 nitrogen and oxygen atoms in total. The van der Waals surface area contributed by atoms with Gasteiger partial charge >= 0.3 is 0 Å². The van der Waals surface area contributed by atoms with Crippen molar-refractivity contribution >= 4 is 11.6 Å². The zero-order valence-corrected chi connectivity index (χ0v) is 9.79. The predicted octanol–water partition coefficient (Wildman–Crippen LogP) is 1.34. The Labute approximate surface area is 94.6 Å². The van der Waals surface area contributed by atoms with Gasteiger partial charge in [-0.05, 0) is 13.3 Å². The molecule has 1 aliphatic heterocycles. The normalized spacial score (nSPS) is 26.1. The summed E-state index contributed by atoms with van der Waals surface area (Å²) in [6.45, 7) is 3.68. The van der Waals surface area contributed by atoms with Crippen LogP contribution in [-0.2, 0) is 18.3 Å². The van der Waals surface area contributed by atoms with Crippen molar-refractivity contribution in [2.24, 2.45) is 7.05 Å². The molecule has 0 amide bonds. The van der Waals surface area contributed by atoms with Crippen LogP contribution in [0.4, 0.5) is 0 Å². The molecule has 84 valence electrons. The topological polar surface area (TPSA) is 39.1 Å². The zero-order valence-electron chi connectivity index (χ0n) is 9.03. The Balaban J connectivity index is 1.90. The molecule has 2 atom stereocenters. The van der Waals surface area contributed by atoms with Gasteiger partial charge in [0.1, 0.15) is 11.0 Å². The van der Waals surface area contributed by atoms with Crippen molar-refractivity contribution in [3.63, 3.8) is 0 Å². The molecule has 1 saturated heterocycles. The monoisotopic (exact) mass is 229 g/mol. The van der Waals surface area contributed by atoms with E-state index in [0.29, 0.717) is 17.3 Å². The molecular weight excluding hydrogens is 214 g/mol. The summed E-state index contributed by atoms with van der Waals surface area (Å²) < 4.78 is 7.36. The highest BCUT2D eigenvalue weighted by molar-refractivity contribution is 6.29. The third-order valence-electron chi connectivity index (χ3n) is 2.93. The molecule has 0 aliphatic carbocycles. The van der Waals surface area contributed by atoms with Gasteiger partial charge in [0.2, 0.25) is 0 Å². The number of hydrogen-bond donors (Lipinski definition) is 1. The van der Waals surface area contributed by atoms with Gasteiger partial charge in [0, 0.05) is 19.7 Å². The van der Waals surface area contributed by atoms with Gasteiger partial charge in [0.15, 0.2) is 0 Å². The van der Waals surface area contributed by atoms with Crippen LogP contribution in [0.3, 0.4) is 0 Å². The molecule has 0 spiro atoms. The van der Waals surface area contributed by atoms with E-state index < -0.39 is 0 Å². The first-order valence-electron chi connectivity index (χ1n) is 5.19. The summed E-state index contributed by atoms with van der Waals surface area (Å²) in [4.78, 5) is 4.23. The fourth-order valence-corrected chi connectivity index (χ4v) is 1.96. The SMILES string of the molecule is CC1OCCC1NCc1ncc(Cl)n1C. The number of rotatable bonds is 3. The van der Waals surface area contributed by atoms with Crippen LogP contribution < -0.4 is 5.32 Å². The number of nitrogens with one attached hydrogen (secondary N) is 1. The second-order valence-electron chi connectivity index (χ2n) is 3.91. The fourth-order valence-electron chi connectivity index (χ4n) is 1.81. The summed E-state index contributed by atoms with van der Waals surface area (Å²) in [6.07, 6.45) is 3.03. The van der Waals surface area contributed by atoms with Crippen molar-refractivity contribution in [1.29, 1.82) is 0 Å². The lowest BCUT2D eigenvalue weighted by Crippen LogP contribution is -2.34. The largest absolute Gasteiger partial charge is 0.377 e. The molecule has 2 unspecified atom stereocenters. The first kappa shape index (κ1) is 10.9. The van der Waals surface area contributed by atoms with Gasteiger partial charge in [-0.25, -0.2) is 4.98 Å². The van der Waals surface area contributed by atoms with Crippen LogP contribution in [0.25, 0.3) is 0 Å². The lowest BCUT2D eigenvalue weighted by atomic mass is 10.1. The molecule has 2 heterocycles. The molecule has 0 aromatic carbocycles. The maximum Gasteiger partial charge on any atom is 0.128 e. The number of aromatic nitrogens is 2. The van der Waals surface area contributed by atoms with Crippen LogP contribution in [0.15, 0.2) is 6.20 Å². The van der Waals surface area contributed by atoms with Gasteiger partial charge in [-0.15, -0.1) is 0 Å². The summed E-state index contributed by atoms with van der Waals surface area (Å²) in [5.74, 6) is 0.958. The molecule has 1 aromatic rings. The van der Waals surface area contributed by atoms with E-state index in [9.17, 15) is 0 Å². The van der Waals surface area contributed by atoms with E-state index in [-0.39, 0.29) is 0 Å². The van der Waals surface area contributed by atoms with Crippen LogP contribution in [0.2, 0.25) is 5.15 Å². The van der Waals surface area contributed by atoms with E-state index in [4.69, 9.17) is 16.3 Å². The van der Waals surface area contributed by atoms with Crippen LogP contribution in [0.1, 0.15) is 19.2 Å². The Morgan fingerprint density at radius 1 is 1.73 bits per heavy atom. The van der Waals surface area contributed by atoms with Gasteiger partial charge in [0.05, 0.1) is 18.8 Å². The molecule has 5 heteroatoms. The van der Waals surface area contributed by atoms with Crippen molar-refractivity contribution in [1.82, 2.24) is 14.9 Å². The molecule has 0 bridgehead atoms. The van der Waals surface area contributed by atoms with Crippen LogP contribution in [0, 0.1) is 0 Å². The summed E-state index contributed by atoms with van der Waals surface area (Å²) >= 11 is 5.90. The van der Waals surface area contributed by atoms with Crippen molar-refractivity contribution in [2.75, 3.05) is 6.61 Å². The molecule has 1 fully saturated rings. The lowest BCUT2D eigenvalue weighted by Gasteiger charge is -2.15. The molecular formula is C10H16ClN3O. The number of halogens is 1. The number of imidazole rings is 1. The molecule has 1 aromatic heterocycles. The maximum atomic E-state index is 5.90. The summed E-state index contributed by atoms with van der Waals surface area (Å²) in [7, 11) is 1.92. The van der Waals surface area contributed by atoms with Gasteiger partial charge < -0.3 is 14.6 Å². The van der Waals surface area contributed by atoms with E-state index in [2.05, 4.69) is 17.2 Å². The van der Waals surface area contributed by atoms with E-state index >= 15 is 0 Å². The molecule has 1 aliphatic rings. The Hall–Kier alpha value is -0.580. The quantitative estimate of drug-likeness (QED) is 0.850. The van der Waals surface area contributed by atoms with Crippen molar-refractivity contribution in [3.05, 3.63) is 17.2 Å². The van der Waals surface area contributed by atoms with Crippen LogP contribution in [0.5, 0.6) is 0 Å². The van der Waals surface area contributed by atoms with Crippen molar-refractivity contribution < 1.29 is 4.74 Å². The minimum absolute atomic E-state index is 0.292. The standard InChI is InChI=1S/C10H16ClN3O/c1-7-8(3-4-15-7)12-6-10-13-5-9(11)14(10)2/h5,7-8,12H,3-4,6H2,1-2H3. The molecule has 0 radical (unpaired) electrons. The smallest absolute Gasteiger partial charge is 0.128 e. The van der Waals surface area contributed by atoms with Crippen molar-refractivity contribution in [2.45, 2.75) is 32.0 Å². The van der Waals surface area contributed by atoms with E-state index in [0.717, 1.165) is 25.4 Å². The third kappa shape index (κ3) is 2.33. The van der Waals surface area contributed by atoms with Crippen LogP contribution in [-0.4, -0.2) is 28.3 Å². The summed E-state index contributed by atoms with van der Waals surface area (Å²) in [6, 6.07) is 0.431. The van der Waals surface area contributed by atoms with E-state index in [1.165, 1.54) is 0 Å². The minimum Gasteiger partial charge on any atom is -0.377 e. The Bertz CT molecular complexity index is 339. The molecule has 2 rings (SSSR count). The predicted molar refractivity (Wildman–Crippen MR) is 58.9 cm³/mol. The van der Waals surface area contributed by atoms with E-state index in [1.54, 1.807) is 6.20 Å². The Morgan fingerprint density at radius 2 is 2.53 bits per heavy atom. The number of ether oxygens (including phenoxy) is 1. The molecule has 0 saturated carbocycles.